The van der Waals surface area contributed by atoms with Crippen LogP contribution in [0.1, 0.15) is 5.56 Å². The van der Waals surface area contributed by atoms with Crippen LogP contribution < -0.4 is 21.9 Å². The molecule has 336 valence electrons. The van der Waals surface area contributed by atoms with E-state index in [1.54, 1.807) is 0 Å². The average molecular weight is 1030 g/mol. The molecule has 0 saturated heterocycles. The molecule has 0 amide bonds. The van der Waals surface area contributed by atoms with E-state index >= 15 is 35.1 Å². The molecule has 0 spiro atoms. The summed E-state index contributed by atoms with van der Waals surface area (Å²) in [5.41, 5.74) is -12.9. The molecule has 5 rings (SSSR count). The molecule has 0 heterocycles. The van der Waals surface area contributed by atoms with Crippen molar-refractivity contribution in [2.45, 2.75) is 5.75 Å². The first-order chi connectivity index (χ1) is 27.5. The second-order valence-corrected chi connectivity index (χ2v) is 14.2. The number of halogens is 24. The molecule has 5 aromatic carbocycles. The average Bonchev–Trinajstić information content (AvgIpc) is 3.17. The Bertz CT molecular complexity index is 2060. The molecule has 0 atom stereocenters. The topological polar surface area (TPSA) is 0 Å². The Labute approximate surface area is 343 Å². The minimum absolute atomic E-state index is 0. The molecule has 0 unspecified atom stereocenters. The summed E-state index contributed by atoms with van der Waals surface area (Å²) < 4.78 is 333. The van der Waals surface area contributed by atoms with E-state index in [2.05, 4.69) is 42.8 Å². The maximum absolute atomic E-state index is 15.4. The molecule has 0 fully saturated rings. The minimum atomic E-state index is -7.22. The van der Waals surface area contributed by atoms with Crippen LogP contribution in [0.5, 0.6) is 0 Å². The first-order valence-corrected chi connectivity index (χ1v) is 17.4. The summed E-state index contributed by atoms with van der Waals surface area (Å²) in [5, 5.41) is 0. The summed E-state index contributed by atoms with van der Waals surface area (Å²) in [6.45, 7) is 0. The molecule has 0 aliphatic rings. The van der Waals surface area contributed by atoms with Gasteiger partial charge >= 0.3 is 29.6 Å². The Kier molecular flexibility index (Phi) is 17.1. The largest absolute Gasteiger partial charge is 1.00 e. The van der Waals surface area contributed by atoms with Crippen LogP contribution in [-0.4, -0.2) is 25.9 Å². The Morgan fingerprint density at radius 3 is 0.656 bits per heavy atom. The van der Waals surface area contributed by atoms with E-state index in [-0.39, 0.29) is 22.4 Å². The molecular formula is C33H13AgB2F24S. The fourth-order valence-electron chi connectivity index (χ4n) is 5.78. The third-order valence-corrected chi connectivity index (χ3v) is 8.92. The van der Waals surface area contributed by atoms with Gasteiger partial charge in [-0.2, -0.15) is 0 Å². The van der Waals surface area contributed by atoms with E-state index in [9.17, 15) is 69.9 Å². The minimum Gasteiger partial charge on any atom is -0.418 e. The van der Waals surface area contributed by atoms with Crippen molar-refractivity contribution in [3.8, 4) is 0 Å². The molecule has 0 bridgehead atoms. The van der Waals surface area contributed by atoms with Gasteiger partial charge < -0.3 is 17.3 Å². The van der Waals surface area contributed by atoms with Crippen LogP contribution in [0.4, 0.5) is 105 Å². The van der Waals surface area contributed by atoms with E-state index in [0.717, 1.165) is 0 Å². The fraction of sp³-hybridized carbons (Fsp3) is 0.0909. The van der Waals surface area contributed by atoms with Gasteiger partial charge in [0.1, 0.15) is 58.4 Å². The van der Waals surface area contributed by atoms with Crippen molar-refractivity contribution in [3.63, 3.8) is 0 Å². The third kappa shape index (κ3) is 9.83. The number of benzene rings is 5. The van der Waals surface area contributed by atoms with Gasteiger partial charge in [0.2, 0.25) is 0 Å². The van der Waals surface area contributed by atoms with Gasteiger partial charge in [0.05, 0.1) is 12.5 Å². The predicted octanol–water partition coefficient (Wildman–Crippen LogP) is 9.21. The third-order valence-electron chi connectivity index (χ3n) is 8.01. The van der Waals surface area contributed by atoms with E-state index in [4.69, 9.17) is 0 Å². The Balaban J connectivity index is 0.000000675. The summed E-state index contributed by atoms with van der Waals surface area (Å²) in [4.78, 5) is 0. The molecule has 0 aliphatic heterocycles. The predicted molar refractivity (Wildman–Crippen MR) is 169 cm³/mol. The van der Waals surface area contributed by atoms with Crippen LogP contribution in [0.25, 0.3) is 0 Å². The van der Waals surface area contributed by atoms with Gasteiger partial charge in [0.15, 0.2) is 69.8 Å². The zero-order valence-electron chi connectivity index (χ0n) is 29.0. The van der Waals surface area contributed by atoms with Crippen LogP contribution in [0.3, 0.4) is 0 Å². The Morgan fingerprint density at radius 1 is 0.328 bits per heavy atom. The smallest absolute Gasteiger partial charge is 0.418 e. The van der Waals surface area contributed by atoms with Gasteiger partial charge in [-0.15, -0.1) is 21.9 Å². The van der Waals surface area contributed by atoms with Gasteiger partial charge in [-0.3, -0.25) is 0 Å². The van der Waals surface area contributed by atoms with Crippen molar-refractivity contribution < 1.29 is 127 Å². The van der Waals surface area contributed by atoms with Crippen molar-refractivity contribution >= 4 is 46.1 Å². The Hall–Kier alpha value is -4.36. The van der Waals surface area contributed by atoms with Gasteiger partial charge in [-0.1, -0.05) is 30.3 Å². The van der Waals surface area contributed by atoms with Crippen LogP contribution in [0, 0.1) is 116 Å². The summed E-state index contributed by atoms with van der Waals surface area (Å²) in [6, 6.07) is 10.6. The van der Waals surface area contributed by atoms with Crippen LogP contribution in [-0.2, 0) is 39.0 Å². The van der Waals surface area contributed by atoms with E-state index in [1.807, 2.05) is 0 Å². The van der Waals surface area contributed by atoms with E-state index < -0.39 is 152 Å². The van der Waals surface area contributed by atoms with Gasteiger partial charge in [-0.05, 0) is 10.9 Å². The molecule has 5 aromatic rings. The molecule has 0 aliphatic carbocycles. The summed E-state index contributed by atoms with van der Waals surface area (Å²) in [6.07, 6.45) is -2.68. The fourth-order valence-corrected chi connectivity index (χ4v) is 6.64. The summed E-state index contributed by atoms with van der Waals surface area (Å²) >= 11 is 0. The van der Waals surface area contributed by atoms with Gasteiger partial charge in [0, 0.05) is 5.56 Å². The molecular weight excluding hydrogens is 1010 g/mol. The van der Waals surface area contributed by atoms with Crippen molar-refractivity contribution in [3.05, 3.63) is 152 Å². The van der Waals surface area contributed by atoms with E-state index in [0.29, 0.717) is 10.9 Å². The first kappa shape index (κ1) is 52.8. The second kappa shape index (κ2) is 19.8. The number of rotatable bonds is 6. The van der Waals surface area contributed by atoms with Gasteiger partial charge in [0.25, 0.3) is 0 Å². The van der Waals surface area contributed by atoms with Crippen molar-refractivity contribution in [1.29, 1.82) is 0 Å². The zero-order chi connectivity index (χ0) is 46.3. The molecule has 61 heavy (non-hydrogen) atoms. The van der Waals surface area contributed by atoms with Crippen molar-refractivity contribution in [2.75, 3.05) is 12.5 Å². The van der Waals surface area contributed by atoms with Crippen LogP contribution >= 0.6 is 0 Å². The monoisotopic (exact) mass is 1030 g/mol. The molecule has 0 saturated carbocycles. The normalized spacial score (nSPS) is 11.5. The maximum Gasteiger partial charge on any atom is 1.00 e. The number of hydrogen-bond donors (Lipinski definition) is 0. The summed E-state index contributed by atoms with van der Waals surface area (Å²) in [7, 11) is -5.47. The van der Waals surface area contributed by atoms with E-state index in [1.165, 1.54) is 11.3 Å². The van der Waals surface area contributed by atoms with Crippen LogP contribution in [0.2, 0.25) is 0 Å². The molecule has 0 N–H and O–H groups in total. The molecule has 0 nitrogen and oxygen atoms in total. The van der Waals surface area contributed by atoms with Crippen molar-refractivity contribution in [2.24, 2.45) is 0 Å². The number of hydrogen-bond acceptors (Lipinski definition) is 0. The Morgan fingerprint density at radius 2 is 0.492 bits per heavy atom. The maximum atomic E-state index is 15.4. The quantitative estimate of drug-likeness (QED) is 0.0524. The molecule has 0 radical (unpaired) electrons. The van der Waals surface area contributed by atoms with Crippen LogP contribution in [0.15, 0.2) is 30.3 Å². The van der Waals surface area contributed by atoms with Crippen molar-refractivity contribution in [1.82, 2.24) is 0 Å². The molecule has 0 aromatic heterocycles. The molecule has 28 heteroatoms. The van der Waals surface area contributed by atoms with Gasteiger partial charge in [-0.25, -0.2) is 87.8 Å². The first-order valence-electron chi connectivity index (χ1n) is 15.2. The summed E-state index contributed by atoms with van der Waals surface area (Å²) in [5.74, 6) is -70.2. The second-order valence-electron chi connectivity index (χ2n) is 11.9. The SMILES string of the molecule is C[S+](C)Cc1ccccc1.F[B-](F)(F)F.Fc1c(F)c(F)c([B-](c2c(F)c(F)c(F)c(F)c2F)(c2c(F)c(F)c(F)c(F)c2F)c2c(F)c(F)c(F)c(F)c2F)c(F)c1F.[Ag+]. The zero-order valence-corrected chi connectivity index (χ0v) is 31.3. The standard InChI is InChI=1S/C24BF20.C9H13S.Ag.BF4/c26-5-1(6(27)14(35)21(42)13(5)34)25(2-7(28)15(36)22(43)16(37)8(2)29,3-9(30)17(38)23(44)18(39)10(3)31)4-11(32)19(40)24(45)20(41)12(4)33;1-10(2)8-9-6-4-3-5-7-9;;2-1(3,4)5/h;3-7H,8H2,1-2H3;;/q-1;2*+1;-1.